The second-order valence-electron chi connectivity index (χ2n) is 2.90. The quantitative estimate of drug-likeness (QED) is 0.679. The highest BCUT2D eigenvalue weighted by molar-refractivity contribution is 9.08. The van der Waals surface area contributed by atoms with E-state index in [1.54, 1.807) is 7.05 Å². The summed E-state index contributed by atoms with van der Waals surface area (Å²) in [5, 5.41) is 4.57. The molecule has 0 aliphatic rings. The molecule has 0 saturated carbocycles. The number of nitrogens with zero attached hydrogens (tertiary/aromatic N) is 1. The Morgan fingerprint density at radius 1 is 1.53 bits per heavy atom. The number of halogens is 1. The monoisotopic (exact) mass is 272 g/mol. The van der Waals surface area contributed by atoms with E-state index >= 15 is 0 Å². The number of urea groups is 1. The number of nitrogens with one attached hydrogen (secondary N) is 1. The van der Waals surface area contributed by atoms with Crippen LogP contribution in [0.2, 0.25) is 0 Å². The van der Waals surface area contributed by atoms with Crippen LogP contribution in [0.1, 0.15) is 5.56 Å². The maximum atomic E-state index is 11.5. The van der Waals surface area contributed by atoms with Crippen molar-refractivity contribution in [1.29, 1.82) is 0 Å². The van der Waals surface area contributed by atoms with Crippen molar-refractivity contribution < 1.29 is 9.63 Å². The first-order valence-corrected chi connectivity index (χ1v) is 5.54. The summed E-state index contributed by atoms with van der Waals surface area (Å²) < 4.78 is 0. The van der Waals surface area contributed by atoms with Gasteiger partial charge < -0.3 is 5.32 Å². The van der Waals surface area contributed by atoms with Crippen molar-refractivity contribution >= 4 is 27.6 Å². The third-order valence-electron chi connectivity index (χ3n) is 1.96. The van der Waals surface area contributed by atoms with E-state index in [9.17, 15) is 4.79 Å². The third-order valence-corrected chi connectivity index (χ3v) is 2.57. The summed E-state index contributed by atoms with van der Waals surface area (Å²) in [6.45, 7) is 0. The molecule has 2 amide bonds. The number of alkyl halides is 1. The summed E-state index contributed by atoms with van der Waals surface area (Å²) in [7, 11) is 2.99. The van der Waals surface area contributed by atoms with Crippen LogP contribution in [0, 0.1) is 0 Å². The molecule has 0 unspecified atom stereocenters. The Morgan fingerprint density at radius 3 is 2.80 bits per heavy atom. The molecule has 0 atom stereocenters. The van der Waals surface area contributed by atoms with E-state index in [0.29, 0.717) is 5.33 Å². The molecule has 1 N–H and O–H groups in total. The normalized spacial score (nSPS) is 9.80. The predicted molar refractivity (Wildman–Crippen MR) is 62.9 cm³/mol. The Bertz CT molecular complexity index is 344. The fraction of sp³-hybridized carbons (Fsp3) is 0.300. The third kappa shape index (κ3) is 3.21. The number of hydrogen-bond acceptors (Lipinski definition) is 2. The van der Waals surface area contributed by atoms with E-state index in [4.69, 9.17) is 4.84 Å². The maximum absolute atomic E-state index is 11.5. The molecule has 0 fully saturated rings. The van der Waals surface area contributed by atoms with Crippen LogP contribution in [0.25, 0.3) is 0 Å². The minimum atomic E-state index is -0.300. The van der Waals surface area contributed by atoms with Gasteiger partial charge in [0, 0.05) is 18.1 Å². The molecule has 15 heavy (non-hydrogen) atoms. The molecular formula is C10H13BrN2O2. The van der Waals surface area contributed by atoms with Crippen molar-refractivity contribution in [3.05, 3.63) is 29.8 Å². The average molecular weight is 273 g/mol. The molecule has 1 aromatic rings. The molecule has 0 heterocycles. The van der Waals surface area contributed by atoms with Crippen LogP contribution in [0.3, 0.4) is 0 Å². The molecule has 0 radical (unpaired) electrons. The van der Waals surface area contributed by atoms with E-state index in [-0.39, 0.29) is 6.03 Å². The molecule has 0 bridgehead atoms. The van der Waals surface area contributed by atoms with Gasteiger partial charge in [0.25, 0.3) is 0 Å². The van der Waals surface area contributed by atoms with Crippen LogP contribution in [-0.2, 0) is 10.2 Å². The number of anilines is 1. The second kappa shape index (κ2) is 5.72. The number of rotatable bonds is 3. The highest BCUT2D eigenvalue weighted by atomic mass is 79.9. The van der Waals surface area contributed by atoms with Crippen LogP contribution in [0.4, 0.5) is 10.5 Å². The molecular weight excluding hydrogens is 260 g/mol. The van der Waals surface area contributed by atoms with Gasteiger partial charge in [-0.2, -0.15) is 0 Å². The first-order valence-electron chi connectivity index (χ1n) is 4.41. The Kier molecular flexibility index (Phi) is 4.58. The fourth-order valence-corrected chi connectivity index (χ4v) is 1.52. The summed E-state index contributed by atoms with van der Waals surface area (Å²) in [5.41, 5.74) is 1.80. The van der Waals surface area contributed by atoms with Gasteiger partial charge in [0.05, 0.1) is 7.11 Å². The summed E-state index contributed by atoms with van der Waals surface area (Å²) in [6, 6.07) is 7.28. The highest BCUT2D eigenvalue weighted by Gasteiger charge is 2.09. The van der Waals surface area contributed by atoms with Crippen molar-refractivity contribution in [2.24, 2.45) is 0 Å². The van der Waals surface area contributed by atoms with Gasteiger partial charge in [-0.05, 0) is 11.6 Å². The summed E-state index contributed by atoms with van der Waals surface area (Å²) in [5.74, 6) is 0. The smallest absolute Gasteiger partial charge is 0.306 e. The van der Waals surface area contributed by atoms with Crippen LogP contribution in [-0.4, -0.2) is 25.3 Å². The van der Waals surface area contributed by atoms with Gasteiger partial charge in [0.15, 0.2) is 0 Å². The maximum Gasteiger partial charge on any atom is 0.345 e. The molecule has 82 valence electrons. The van der Waals surface area contributed by atoms with E-state index in [2.05, 4.69) is 21.2 Å². The van der Waals surface area contributed by atoms with Crippen LogP contribution in [0.15, 0.2) is 24.3 Å². The summed E-state index contributed by atoms with van der Waals surface area (Å²) in [6.07, 6.45) is 0. The lowest BCUT2D eigenvalue weighted by Crippen LogP contribution is -2.30. The Balaban J connectivity index is 2.76. The Labute approximate surface area is 97.3 Å². The molecule has 0 spiro atoms. The van der Waals surface area contributed by atoms with Gasteiger partial charge in [-0.25, -0.2) is 9.86 Å². The van der Waals surface area contributed by atoms with Gasteiger partial charge in [-0.1, -0.05) is 34.1 Å². The molecule has 1 aromatic carbocycles. The number of carbonyl (C=O) groups is 1. The van der Waals surface area contributed by atoms with Gasteiger partial charge >= 0.3 is 6.03 Å². The second-order valence-corrected chi connectivity index (χ2v) is 3.46. The van der Waals surface area contributed by atoms with E-state index in [1.165, 1.54) is 7.11 Å². The number of benzene rings is 1. The van der Waals surface area contributed by atoms with Gasteiger partial charge in [-0.3, -0.25) is 4.84 Å². The Morgan fingerprint density at radius 2 is 2.20 bits per heavy atom. The highest BCUT2D eigenvalue weighted by Crippen LogP contribution is 2.18. The first kappa shape index (κ1) is 12.0. The standard InChI is InChI=1S/C10H13BrN2O2/c1-13(15-2)10(14)12-9-6-4-3-5-8(9)7-11/h3-6H,7H2,1-2H3,(H,12,14). The minimum absolute atomic E-state index is 0.300. The fourth-order valence-electron chi connectivity index (χ4n) is 1.04. The zero-order chi connectivity index (χ0) is 11.3. The predicted octanol–water partition coefficient (Wildman–Crippen LogP) is 2.61. The Hall–Kier alpha value is -1.07. The van der Waals surface area contributed by atoms with Crippen molar-refractivity contribution in [1.82, 2.24) is 5.06 Å². The number of amides is 2. The average Bonchev–Trinajstić information content (AvgIpc) is 2.28. The van der Waals surface area contributed by atoms with Crippen LogP contribution in [0.5, 0.6) is 0 Å². The largest absolute Gasteiger partial charge is 0.345 e. The molecule has 0 saturated heterocycles. The van der Waals surface area contributed by atoms with Crippen molar-refractivity contribution in [2.75, 3.05) is 19.5 Å². The van der Waals surface area contributed by atoms with Crippen LogP contribution >= 0.6 is 15.9 Å². The van der Waals surface area contributed by atoms with Gasteiger partial charge in [-0.15, -0.1) is 0 Å². The van der Waals surface area contributed by atoms with Crippen molar-refractivity contribution in [3.8, 4) is 0 Å². The first-order chi connectivity index (χ1) is 7.19. The van der Waals surface area contributed by atoms with E-state index < -0.39 is 0 Å². The lowest BCUT2D eigenvalue weighted by molar-refractivity contribution is -0.0598. The SMILES string of the molecule is CON(C)C(=O)Nc1ccccc1CBr. The van der Waals surface area contributed by atoms with Gasteiger partial charge in [0.1, 0.15) is 0 Å². The zero-order valence-corrected chi connectivity index (χ0v) is 10.2. The lowest BCUT2D eigenvalue weighted by atomic mass is 10.2. The van der Waals surface area contributed by atoms with Crippen LogP contribution < -0.4 is 5.32 Å². The van der Waals surface area contributed by atoms with Crippen molar-refractivity contribution in [2.45, 2.75) is 5.33 Å². The summed E-state index contributed by atoms with van der Waals surface area (Å²) in [4.78, 5) is 16.3. The molecule has 4 nitrogen and oxygen atoms in total. The van der Waals surface area contributed by atoms with E-state index in [0.717, 1.165) is 16.3 Å². The lowest BCUT2D eigenvalue weighted by Gasteiger charge is -2.16. The number of para-hydroxylation sites is 1. The molecule has 1 rings (SSSR count). The molecule has 5 heteroatoms. The van der Waals surface area contributed by atoms with Gasteiger partial charge in [0.2, 0.25) is 0 Å². The number of hydrogen-bond donors (Lipinski definition) is 1. The number of carbonyl (C=O) groups excluding carboxylic acids is 1. The van der Waals surface area contributed by atoms with E-state index in [1.807, 2.05) is 24.3 Å². The molecule has 0 aromatic heterocycles. The molecule has 0 aliphatic heterocycles. The van der Waals surface area contributed by atoms with Crippen molar-refractivity contribution in [3.63, 3.8) is 0 Å². The zero-order valence-electron chi connectivity index (χ0n) is 8.66. The minimum Gasteiger partial charge on any atom is -0.306 e. The summed E-state index contributed by atoms with van der Waals surface area (Å²) >= 11 is 3.36. The molecule has 0 aliphatic carbocycles. The number of hydroxylamine groups is 2. The topological polar surface area (TPSA) is 41.6 Å².